The second kappa shape index (κ2) is 4.77. The maximum Gasteiger partial charge on any atom is 0.272 e. The van der Waals surface area contributed by atoms with Crippen molar-refractivity contribution in [2.75, 3.05) is 13.1 Å². The molecular formula is C8H13F2N3S. The first-order valence-electron chi connectivity index (χ1n) is 4.23. The van der Waals surface area contributed by atoms with Gasteiger partial charge < -0.3 is 11.1 Å². The van der Waals surface area contributed by atoms with Crippen LogP contribution in [0.15, 0.2) is 6.20 Å². The molecule has 0 saturated carbocycles. The second-order valence-corrected chi connectivity index (χ2v) is 4.33. The van der Waals surface area contributed by atoms with E-state index in [9.17, 15) is 8.78 Å². The van der Waals surface area contributed by atoms with Gasteiger partial charge in [-0.3, -0.25) is 0 Å². The Morgan fingerprint density at radius 2 is 2.36 bits per heavy atom. The number of aromatic nitrogens is 1. The lowest BCUT2D eigenvalue weighted by Gasteiger charge is -2.13. The van der Waals surface area contributed by atoms with E-state index in [2.05, 4.69) is 10.3 Å². The van der Waals surface area contributed by atoms with Crippen LogP contribution in [-0.2, 0) is 6.54 Å². The molecule has 1 aromatic heterocycles. The van der Waals surface area contributed by atoms with E-state index in [0.29, 0.717) is 6.54 Å². The van der Waals surface area contributed by atoms with Crippen molar-refractivity contribution in [1.29, 1.82) is 0 Å². The first kappa shape index (κ1) is 11.5. The van der Waals surface area contributed by atoms with Gasteiger partial charge in [0.15, 0.2) is 0 Å². The molecule has 80 valence electrons. The van der Waals surface area contributed by atoms with E-state index in [0.717, 1.165) is 9.88 Å². The van der Waals surface area contributed by atoms with Gasteiger partial charge in [-0.25, -0.2) is 13.8 Å². The molecule has 0 aliphatic rings. The summed E-state index contributed by atoms with van der Waals surface area (Å²) in [5.74, 6) is -2.82. The number of thiazole rings is 1. The fourth-order valence-electron chi connectivity index (χ4n) is 0.928. The topological polar surface area (TPSA) is 50.9 Å². The van der Waals surface area contributed by atoms with Gasteiger partial charge in [-0.05, 0) is 6.92 Å². The first-order valence-corrected chi connectivity index (χ1v) is 5.05. The molecule has 0 amide bonds. The van der Waals surface area contributed by atoms with Gasteiger partial charge in [0.2, 0.25) is 0 Å². The Bertz CT molecular complexity index is 288. The van der Waals surface area contributed by atoms with Gasteiger partial charge in [-0.15, -0.1) is 11.3 Å². The van der Waals surface area contributed by atoms with E-state index in [1.807, 2.05) is 6.92 Å². The zero-order valence-corrected chi connectivity index (χ0v) is 8.70. The van der Waals surface area contributed by atoms with Crippen LogP contribution in [0.4, 0.5) is 8.78 Å². The van der Waals surface area contributed by atoms with Crippen LogP contribution in [0.3, 0.4) is 0 Å². The van der Waals surface area contributed by atoms with Crippen molar-refractivity contribution in [3.8, 4) is 0 Å². The third-order valence-electron chi connectivity index (χ3n) is 1.65. The SMILES string of the molecule is Cc1ncc(CNCC(F)(F)CN)s1. The maximum absolute atomic E-state index is 12.7. The van der Waals surface area contributed by atoms with Crippen LogP contribution in [0.1, 0.15) is 9.88 Å². The number of aryl methyl sites for hydroxylation is 1. The smallest absolute Gasteiger partial charge is 0.272 e. The third-order valence-corrected chi connectivity index (χ3v) is 2.56. The quantitative estimate of drug-likeness (QED) is 0.783. The average Bonchev–Trinajstić information content (AvgIpc) is 2.51. The van der Waals surface area contributed by atoms with Crippen LogP contribution in [0, 0.1) is 6.92 Å². The van der Waals surface area contributed by atoms with Crippen molar-refractivity contribution >= 4 is 11.3 Å². The molecule has 0 fully saturated rings. The average molecular weight is 221 g/mol. The first-order chi connectivity index (χ1) is 6.53. The van der Waals surface area contributed by atoms with Crippen LogP contribution >= 0.6 is 11.3 Å². The molecule has 14 heavy (non-hydrogen) atoms. The van der Waals surface area contributed by atoms with E-state index < -0.39 is 12.5 Å². The van der Waals surface area contributed by atoms with E-state index in [1.165, 1.54) is 11.3 Å². The van der Waals surface area contributed by atoms with Crippen molar-refractivity contribution in [2.45, 2.75) is 19.4 Å². The summed E-state index contributed by atoms with van der Waals surface area (Å²) in [6.07, 6.45) is 1.69. The standard InChI is InChI=1S/C8H13F2N3S/c1-6-13-3-7(14-6)2-12-5-8(9,10)4-11/h3,12H,2,4-5,11H2,1H3. The molecule has 1 rings (SSSR count). The van der Waals surface area contributed by atoms with E-state index in [-0.39, 0.29) is 6.54 Å². The van der Waals surface area contributed by atoms with Gasteiger partial charge in [0.05, 0.1) is 18.1 Å². The van der Waals surface area contributed by atoms with Gasteiger partial charge in [0.25, 0.3) is 5.92 Å². The lowest BCUT2D eigenvalue weighted by atomic mass is 10.3. The minimum absolute atomic E-state index is 0.388. The molecule has 0 atom stereocenters. The zero-order valence-electron chi connectivity index (χ0n) is 7.89. The van der Waals surface area contributed by atoms with E-state index >= 15 is 0 Å². The highest BCUT2D eigenvalue weighted by Gasteiger charge is 2.25. The Labute approximate surface area is 85.3 Å². The predicted octanol–water partition coefficient (Wildman–Crippen LogP) is 1.14. The van der Waals surface area contributed by atoms with Gasteiger partial charge in [0.1, 0.15) is 0 Å². The number of halogens is 2. The molecule has 0 unspecified atom stereocenters. The molecule has 0 aliphatic heterocycles. The highest BCUT2D eigenvalue weighted by Crippen LogP contribution is 2.12. The third kappa shape index (κ3) is 3.65. The van der Waals surface area contributed by atoms with Gasteiger partial charge in [0, 0.05) is 17.6 Å². The minimum Gasteiger partial charge on any atom is -0.325 e. The number of hydrogen-bond donors (Lipinski definition) is 2. The predicted molar refractivity (Wildman–Crippen MR) is 52.6 cm³/mol. The zero-order chi connectivity index (χ0) is 10.6. The number of alkyl halides is 2. The molecule has 6 heteroatoms. The summed E-state index contributed by atoms with van der Waals surface area (Å²) in [5, 5.41) is 3.58. The molecule has 3 nitrogen and oxygen atoms in total. The number of hydrogen-bond acceptors (Lipinski definition) is 4. The van der Waals surface area contributed by atoms with Crippen LogP contribution < -0.4 is 11.1 Å². The number of nitrogens with two attached hydrogens (primary N) is 1. The van der Waals surface area contributed by atoms with Crippen LogP contribution in [-0.4, -0.2) is 24.0 Å². The summed E-state index contributed by atoms with van der Waals surface area (Å²) >= 11 is 1.50. The maximum atomic E-state index is 12.7. The Morgan fingerprint density at radius 3 is 2.86 bits per heavy atom. The molecule has 0 saturated heterocycles. The Balaban J connectivity index is 2.28. The number of rotatable bonds is 5. The lowest BCUT2D eigenvalue weighted by molar-refractivity contribution is 0.0116. The summed E-state index contributed by atoms with van der Waals surface area (Å²) in [4.78, 5) is 4.97. The van der Waals surface area contributed by atoms with Crippen molar-refractivity contribution in [2.24, 2.45) is 5.73 Å². The second-order valence-electron chi connectivity index (χ2n) is 3.01. The van der Waals surface area contributed by atoms with E-state index in [4.69, 9.17) is 5.73 Å². The summed E-state index contributed by atoms with van der Waals surface area (Å²) < 4.78 is 25.3. The monoisotopic (exact) mass is 221 g/mol. The van der Waals surface area contributed by atoms with Gasteiger partial charge in [-0.2, -0.15) is 0 Å². The fourth-order valence-corrected chi connectivity index (χ4v) is 1.69. The van der Waals surface area contributed by atoms with Crippen LogP contribution in [0.25, 0.3) is 0 Å². The fraction of sp³-hybridized carbons (Fsp3) is 0.625. The molecular weight excluding hydrogens is 208 g/mol. The van der Waals surface area contributed by atoms with Gasteiger partial charge in [-0.1, -0.05) is 0 Å². The van der Waals surface area contributed by atoms with Gasteiger partial charge >= 0.3 is 0 Å². The van der Waals surface area contributed by atoms with Crippen molar-refractivity contribution in [3.63, 3.8) is 0 Å². The van der Waals surface area contributed by atoms with Crippen LogP contribution in [0.2, 0.25) is 0 Å². The van der Waals surface area contributed by atoms with Crippen molar-refractivity contribution in [1.82, 2.24) is 10.3 Å². The molecule has 1 aromatic rings. The van der Waals surface area contributed by atoms with E-state index in [1.54, 1.807) is 6.20 Å². The molecule has 0 spiro atoms. The highest BCUT2D eigenvalue weighted by molar-refractivity contribution is 7.11. The molecule has 0 aromatic carbocycles. The van der Waals surface area contributed by atoms with Crippen LogP contribution in [0.5, 0.6) is 0 Å². The summed E-state index contributed by atoms with van der Waals surface area (Å²) in [6.45, 7) is 1.28. The molecule has 0 aliphatic carbocycles. The lowest BCUT2D eigenvalue weighted by Crippen LogP contribution is -2.38. The summed E-state index contributed by atoms with van der Waals surface area (Å²) in [5.41, 5.74) is 4.89. The molecule has 0 bridgehead atoms. The Kier molecular flexibility index (Phi) is 3.91. The Hall–Kier alpha value is -0.590. The molecule has 1 heterocycles. The normalized spacial score (nSPS) is 12.0. The Morgan fingerprint density at radius 1 is 1.64 bits per heavy atom. The molecule has 3 N–H and O–H groups in total. The van der Waals surface area contributed by atoms with Crippen molar-refractivity contribution < 1.29 is 8.78 Å². The van der Waals surface area contributed by atoms with Crippen molar-refractivity contribution in [3.05, 3.63) is 16.1 Å². The minimum atomic E-state index is -2.82. The number of nitrogens with zero attached hydrogens (tertiary/aromatic N) is 1. The summed E-state index contributed by atoms with van der Waals surface area (Å²) in [6, 6.07) is 0. The molecule has 0 radical (unpaired) electrons. The summed E-state index contributed by atoms with van der Waals surface area (Å²) in [7, 11) is 0. The largest absolute Gasteiger partial charge is 0.325 e. The highest BCUT2D eigenvalue weighted by atomic mass is 32.1. The number of nitrogens with one attached hydrogen (secondary N) is 1.